The predicted molar refractivity (Wildman–Crippen MR) is 78.6 cm³/mol. The third kappa shape index (κ3) is 3.34. The minimum Gasteiger partial charge on any atom is -0.380 e. The summed E-state index contributed by atoms with van der Waals surface area (Å²) in [5, 5.41) is 0. The van der Waals surface area contributed by atoms with Gasteiger partial charge in [-0.1, -0.05) is 19.3 Å². The smallest absolute Gasteiger partial charge is 0.225 e. The summed E-state index contributed by atoms with van der Waals surface area (Å²) < 4.78 is 5.50. The molecule has 3 aliphatic rings. The molecular weight excluding hydrogens is 252 g/mol. The lowest BCUT2D eigenvalue weighted by atomic mass is 9.88. The predicted octanol–water partition coefficient (Wildman–Crippen LogP) is 1.89. The quantitative estimate of drug-likeness (QED) is 0.774. The van der Waals surface area contributed by atoms with E-state index in [0.717, 1.165) is 65.1 Å². The Morgan fingerprint density at radius 2 is 1.75 bits per heavy atom. The second-order valence-electron chi connectivity index (χ2n) is 6.57. The zero-order chi connectivity index (χ0) is 13.8. The standard InChI is InChI=1S/C16H28N2O2/c19-16(14-5-2-1-3-6-14)18-9-4-8-17(10-11-18)15-7-12-20-13-15/h14-15H,1-13H2. The van der Waals surface area contributed by atoms with E-state index in [9.17, 15) is 4.79 Å². The Labute approximate surface area is 122 Å². The molecule has 4 nitrogen and oxygen atoms in total. The zero-order valence-electron chi connectivity index (χ0n) is 12.6. The maximum absolute atomic E-state index is 12.6. The zero-order valence-corrected chi connectivity index (χ0v) is 12.6. The van der Waals surface area contributed by atoms with E-state index in [4.69, 9.17) is 4.74 Å². The molecule has 0 spiro atoms. The van der Waals surface area contributed by atoms with Gasteiger partial charge in [0.15, 0.2) is 0 Å². The van der Waals surface area contributed by atoms with Crippen molar-refractivity contribution in [3.05, 3.63) is 0 Å². The summed E-state index contributed by atoms with van der Waals surface area (Å²) in [5.74, 6) is 0.763. The van der Waals surface area contributed by atoms with Crippen LogP contribution in [-0.2, 0) is 9.53 Å². The maximum Gasteiger partial charge on any atom is 0.225 e. The molecule has 0 radical (unpaired) electrons. The van der Waals surface area contributed by atoms with Crippen molar-refractivity contribution in [1.82, 2.24) is 9.80 Å². The molecule has 0 aromatic rings. The van der Waals surface area contributed by atoms with Crippen LogP contribution in [0.5, 0.6) is 0 Å². The molecule has 2 aliphatic heterocycles. The van der Waals surface area contributed by atoms with Gasteiger partial charge in [-0.25, -0.2) is 0 Å². The fourth-order valence-electron chi connectivity index (χ4n) is 3.94. The van der Waals surface area contributed by atoms with E-state index < -0.39 is 0 Å². The van der Waals surface area contributed by atoms with Crippen molar-refractivity contribution in [1.29, 1.82) is 0 Å². The molecule has 3 fully saturated rings. The van der Waals surface area contributed by atoms with Crippen molar-refractivity contribution in [2.24, 2.45) is 5.92 Å². The number of carbonyl (C=O) groups is 1. The third-order valence-corrected chi connectivity index (χ3v) is 5.22. The summed E-state index contributed by atoms with van der Waals surface area (Å²) in [7, 11) is 0. The Balaban J connectivity index is 1.52. The molecule has 1 saturated carbocycles. The van der Waals surface area contributed by atoms with Crippen LogP contribution in [0.1, 0.15) is 44.9 Å². The minimum absolute atomic E-state index is 0.324. The molecule has 2 heterocycles. The van der Waals surface area contributed by atoms with Crippen LogP contribution in [0.2, 0.25) is 0 Å². The van der Waals surface area contributed by atoms with Gasteiger partial charge in [0.25, 0.3) is 0 Å². The summed E-state index contributed by atoms with van der Waals surface area (Å²) >= 11 is 0. The van der Waals surface area contributed by atoms with Crippen LogP contribution in [0.15, 0.2) is 0 Å². The lowest BCUT2D eigenvalue weighted by Gasteiger charge is -2.29. The Kier molecular flexibility index (Phi) is 4.94. The molecule has 1 aliphatic carbocycles. The Morgan fingerprint density at radius 3 is 2.50 bits per heavy atom. The van der Waals surface area contributed by atoms with E-state index in [1.165, 1.54) is 19.3 Å². The van der Waals surface area contributed by atoms with E-state index >= 15 is 0 Å². The summed E-state index contributed by atoms with van der Waals surface area (Å²) in [6, 6.07) is 0.597. The fourth-order valence-corrected chi connectivity index (χ4v) is 3.94. The number of amides is 1. The highest BCUT2D eigenvalue weighted by Gasteiger charge is 2.29. The number of ether oxygens (including phenoxy) is 1. The molecule has 0 aromatic heterocycles. The van der Waals surface area contributed by atoms with Crippen LogP contribution >= 0.6 is 0 Å². The first-order valence-corrected chi connectivity index (χ1v) is 8.45. The van der Waals surface area contributed by atoms with E-state index in [1.807, 2.05) is 0 Å². The number of carbonyl (C=O) groups excluding carboxylic acids is 1. The molecule has 3 rings (SSSR count). The maximum atomic E-state index is 12.6. The van der Waals surface area contributed by atoms with E-state index in [2.05, 4.69) is 9.80 Å². The van der Waals surface area contributed by atoms with Crippen molar-refractivity contribution in [2.45, 2.75) is 51.0 Å². The molecule has 0 aromatic carbocycles. The van der Waals surface area contributed by atoms with Gasteiger partial charge in [-0.3, -0.25) is 9.69 Å². The average Bonchev–Trinajstić information content (AvgIpc) is 2.92. The van der Waals surface area contributed by atoms with Crippen molar-refractivity contribution in [2.75, 3.05) is 39.4 Å². The van der Waals surface area contributed by atoms with E-state index in [0.29, 0.717) is 17.9 Å². The summed E-state index contributed by atoms with van der Waals surface area (Å²) in [4.78, 5) is 17.3. The van der Waals surface area contributed by atoms with Gasteiger partial charge in [-0.2, -0.15) is 0 Å². The second kappa shape index (κ2) is 6.90. The summed E-state index contributed by atoms with van der Waals surface area (Å²) in [5.41, 5.74) is 0. The Bertz CT molecular complexity index is 322. The van der Waals surface area contributed by atoms with Crippen molar-refractivity contribution in [3.63, 3.8) is 0 Å². The van der Waals surface area contributed by atoms with Crippen LogP contribution in [0.25, 0.3) is 0 Å². The van der Waals surface area contributed by atoms with Gasteiger partial charge < -0.3 is 9.64 Å². The first-order chi connectivity index (χ1) is 9.84. The molecule has 0 N–H and O–H groups in total. The molecule has 0 bridgehead atoms. The number of nitrogens with zero attached hydrogens (tertiary/aromatic N) is 2. The molecule has 20 heavy (non-hydrogen) atoms. The Morgan fingerprint density at radius 1 is 0.900 bits per heavy atom. The first kappa shape index (κ1) is 14.3. The number of rotatable bonds is 2. The highest BCUT2D eigenvalue weighted by atomic mass is 16.5. The summed E-state index contributed by atoms with van der Waals surface area (Å²) in [6.45, 7) is 5.84. The van der Waals surface area contributed by atoms with Crippen LogP contribution in [0.4, 0.5) is 0 Å². The fraction of sp³-hybridized carbons (Fsp3) is 0.938. The van der Waals surface area contributed by atoms with Crippen LogP contribution in [0, 0.1) is 5.92 Å². The van der Waals surface area contributed by atoms with Gasteiger partial charge >= 0.3 is 0 Å². The minimum atomic E-state index is 0.324. The topological polar surface area (TPSA) is 32.8 Å². The molecule has 114 valence electrons. The summed E-state index contributed by atoms with van der Waals surface area (Å²) in [6.07, 6.45) is 8.33. The first-order valence-electron chi connectivity index (χ1n) is 8.45. The highest BCUT2D eigenvalue weighted by molar-refractivity contribution is 5.79. The van der Waals surface area contributed by atoms with Crippen LogP contribution in [-0.4, -0.2) is 61.1 Å². The van der Waals surface area contributed by atoms with Gasteiger partial charge in [0.05, 0.1) is 6.61 Å². The van der Waals surface area contributed by atoms with Gasteiger partial charge in [0.1, 0.15) is 0 Å². The lowest BCUT2D eigenvalue weighted by molar-refractivity contribution is -0.136. The molecule has 4 heteroatoms. The lowest BCUT2D eigenvalue weighted by Crippen LogP contribution is -2.41. The number of hydrogen-bond donors (Lipinski definition) is 0. The largest absolute Gasteiger partial charge is 0.380 e. The molecule has 1 amide bonds. The molecule has 2 saturated heterocycles. The van der Waals surface area contributed by atoms with Crippen molar-refractivity contribution < 1.29 is 9.53 Å². The molecule has 1 unspecified atom stereocenters. The van der Waals surface area contributed by atoms with Crippen LogP contribution < -0.4 is 0 Å². The molecule has 1 atom stereocenters. The highest BCUT2D eigenvalue weighted by Crippen LogP contribution is 2.26. The van der Waals surface area contributed by atoms with Gasteiger partial charge in [0, 0.05) is 44.7 Å². The van der Waals surface area contributed by atoms with E-state index in [-0.39, 0.29) is 0 Å². The SMILES string of the molecule is O=C(C1CCCCC1)N1CCCN(C2CCOC2)CC1. The molecular formula is C16H28N2O2. The van der Waals surface area contributed by atoms with Gasteiger partial charge in [0.2, 0.25) is 5.91 Å². The monoisotopic (exact) mass is 280 g/mol. The normalized spacial score (nSPS) is 30.4. The van der Waals surface area contributed by atoms with E-state index in [1.54, 1.807) is 0 Å². The van der Waals surface area contributed by atoms with Crippen LogP contribution in [0.3, 0.4) is 0 Å². The van der Waals surface area contributed by atoms with Gasteiger partial charge in [-0.05, 0) is 25.7 Å². The Hall–Kier alpha value is -0.610. The average molecular weight is 280 g/mol. The van der Waals surface area contributed by atoms with Gasteiger partial charge in [-0.15, -0.1) is 0 Å². The second-order valence-corrected chi connectivity index (χ2v) is 6.57. The van der Waals surface area contributed by atoms with Crippen molar-refractivity contribution >= 4 is 5.91 Å². The number of hydrogen-bond acceptors (Lipinski definition) is 3. The third-order valence-electron chi connectivity index (χ3n) is 5.22. The van der Waals surface area contributed by atoms with Crippen molar-refractivity contribution in [3.8, 4) is 0 Å².